The van der Waals surface area contributed by atoms with Crippen LogP contribution in [0.15, 0.2) is 54.3 Å². The van der Waals surface area contributed by atoms with E-state index in [0.717, 1.165) is 16.7 Å². The molecule has 0 fully saturated rings. The van der Waals surface area contributed by atoms with Gasteiger partial charge in [0.25, 0.3) is 5.69 Å². The molecule has 0 amide bonds. The standard InChI is InChI=1S/C25H18Cl2N2O5/c1-14-7-21-18(12-28(13-33-21)11-16-5-6-19(26)20(27)9-16)25-23(14)24(30)22(34-25)10-15-3-2-4-17(8-15)29(31)32/h2-10H,11-13H2,1H3/b22-10-. The summed E-state index contributed by atoms with van der Waals surface area (Å²) in [5, 5.41) is 12.1. The number of benzene rings is 3. The van der Waals surface area contributed by atoms with Gasteiger partial charge in [-0.05, 0) is 47.9 Å². The van der Waals surface area contributed by atoms with Gasteiger partial charge in [0.05, 0.1) is 26.1 Å². The van der Waals surface area contributed by atoms with Gasteiger partial charge in [-0.15, -0.1) is 0 Å². The molecule has 0 bridgehead atoms. The Bertz CT molecular complexity index is 1390. The van der Waals surface area contributed by atoms with Crippen LogP contribution >= 0.6 is 23.2 Å². The minimum absolute atomic E-state index is 0.0581. The number of nitro groups is 1. The molecule has 3 aromatic carbocycles. The van der Waals surface area contributed by atoms with Crippen molar-refractivity contribution in [3.05, 3.63) is 102 Å². The predicted octanol–water partition coefficient (Wildman–Crippen LogP) is 6.18. The van der Waals surface area contributed by atoms with Crippen molar-refractivity contribution >= 4 is 40.7 Å². The van der Waals surface area contributed by atoms with E-state index in [-0.39, 0.29) is 17.2 Å². The largest absolute Gasteiger partial charge is 0.478 e. The molecule has 2 aliphatic rings. The van der Waals surface area contributed by atoms with E-state index in [4.69, 9.17) is 32.7 Å². The Labute approximate surface area is 205 Å². The molecule has 0 spiro atoms. The van der Waals surface area contributed by atoms with Crippen LogP contribution in [0.2, 0.25) is 10.0 Å². The number of allylic oxidation sites excluding steroid dienone is 1. The van der Waals surface area contributed by atoms with Gasteiger partial charge in [-0.1, -0.05) is 41.4 Å². The Morgan fingerprint density at radius 3 is 2.74 bits per heavy atom. The summed E-state index contributed by atoms with van der Waals surface area (Å²) < 4.78 is 12.0. The highest BCUT2D eigenvalue weighted by Crippen LogP contribution is 2.44. The lowest BCUT2D eigenvalue weighted by Crippen LogP contribution is -2.31. The van der Waals surface area contributed by atoms with E-state index in [1.807, 2.05) is 25.1 Å². The van der Waals surface area contributed by atoms with Crippen LogP contribution in [-0.4, -0.2) is 22.3 Å². The van der Waals surface area contributed by atoms with Crippen molar-refractivity contribution in [3.8, 4) is 11.5 Å². The summed E-state index contributed by atoms with van der Waals surface area (Å²) >= 11 is 12.2. The molecule has 3 aromatic rings. The third kappa shape index (κ3) is 4.14. The summed E-state index contributed by atoms with van der Waals surface area (Å²) in [5.41, 5.74) is 3.44. The van der Waals surface area contributed by atoms with E-state index >= 15 is 0 Å². The number of carbonyl (C=O) groups is 1. The molecule has 2 heterocycles. The molecule has 5 rings (SSSR count). The molecule has 7 nitrogen and oxygen atoms in total. The first-order chi connectivity index (χ1) is 16.3. The second kappa shape index (κ2) is 8.76. The maximum absolute atomic E-state index is 13.2. The minimum Gasteiger partial charge on any atom is -0.478 e. The molecule has 0 N–H and O–H groups in total. The Morgan fingerprint density at radius 1 is 1.15 bits per heavy atom. The first-order valence-electron chi connectivity index (χ1n) is 10.4. The molecule has 9 heteroatoms. The maximum Gasteiger partial charge on any atom is 0.270 e. The molecule has 0 radical (unpaired) electrons. The third-order valence-electron chi connectivity index (χ3n) is 5.76. The number of rotatable bonds is 4. The van der Waals surface area contributed by atoms with Gasteiger partial charge in [-0.2, -0.15) is 0 Å². The minimum atomic E-state index is -0.478. The number of non-ortho nitro benzene ring substituents is 1. The Kier molecular flexibility index (Phi) is 5.77. The number of fused-ring (bicyclic) bond motifs is 3. The van der Waals surface area contributed by atoms with Crippen LogP contribution in [0.4, 0.5) is 5.69 Å². The highest BCUT2D eigenvalue weighted by molar-refractivity contribution is 6.42. The maximum atomic E-state index is 13.2. The van der Waals surface area contributed by atoms with Crippen molar-refractivity contribution in [2.45, 2.75) is 20.0 Å². The van der Waals surface area contributed by atoms with Gasteiger partial charge in [0.2, 0.25) is 5.78 Å². The number of halogens is 2. The summed E-state index contributed by atoms with van der Waals surface area (Å²) in [6.45, 7) is 3.29. The number of hydrogen-bond donors (Lipinski definition) is 0. The number of ether oxygens (including phenoxy) is 2. The second-order valence-electron chi connectivity index (χ2n) is 8.18. The van der Waals surface area contributed by atoms with Crippen molar-refractivity contribution in [1.29, 1.82) is 0 Å². The van der Waals surface area contributed by atoms with Crippen LogP contribution in [0.5, 0.6) is 11.5 Å². The van der Waals surface area contributed by atoms with E-state index in [1.54, 1.807) is 18.2 Å². The summed E-state index contributed by atoms with van der Waals surface area (Å²) in [6, 6.07) is 13.4. The molecule has 0 unspecified atom stereocenters. The topological polar surface area (TPSA) is 81.9 Å². The van der Waals surface area contributed by atoms with Gasteiger partial charge in [-0.25, -0.2) is 0 Å². The normalized spacial score (nSPS) is 16.1. The lowest BCUT2D eigenvalue weighted by Gasteiger charge is -2.30. The first-order valence-corrected chi connectivity index (χ1v) is 11.2. The number of Topliss-reactive ketones (excluding diaryl/α,β-unsaturated/α-hetero) is 1. The van der Waals surface area contributed by atoms with Crippen LogP contribution in [0.1, 0.15) is 32.6 Å². The number of ketones is 1. The highest BCUT2D eigenvalue weighted by Gasteiger charge is 2.35. The van der Waals surface area contributed by atoms with Crippen molar-refractivity contribution in [2.75, 3.05) is 6.73 Å². The van der Waals surface area contributed by atoms with Crippen molar-refractivity contribution in [3.63, 3.8) is 0 Å². The highest BCUT2D eigenvalue weighted by atomic mass is 35.5. The number of aryl methyl sites for hydroxylation is 1. The number of nitro benzene ring substituents is 1. The van der Waals surface area contributed by atoms with E-state index in [1.165, 1.54) is 18.2 Å². The summed E-state index contributed by atoms with van der Waals surface area (Å²) in [7, 11) is 0. The summed E-state index contributed by atoms with van der Waals surface area (Å²) in [5.74, 6) is 0.999. The molecule has 0 saturated heterocycles. The average molecular weight is 497 g/mol. The fourth-order valence-corrected chi connectivity index (χ4v) is 4.47. The van der Waals surface area contributed by atoms with Gasteiger partial charge in [0.1, 0.15) is 18.2 Å². The average Bonchev–Trinajstić information content (AvgIpc) is 3.14. The summed E-state index contributed by atoms with van der Waals surface area (Å²) in [4.78, 5) is 25.8. The van der Waals surface area contributed by atoms with E-state index in [2.05, 4.69) is 4.90 Å². The Morgan fingerprint density at radius 2 is 1.97 bits per heavy atom. The molecule has 0 saturated carbocycles. The lowest BCUT2D eigenvalue weighted by molar-refractivity contribution is -0.384. The number of carbonyl (C=O) groups excluding carboxylic acids is 1. The van der Waals surface area contributed by atoms with Crippen LogP contribution in [0.3, 0.4) is 0 Å². The quantitative estimate of drug-likeness (QED) is 0.243. The second-order valence-corrected chi connectivity index (χ2v) is 8.99. The zero-order valence-electron chi connectivity index (χ0n) is 18.0. The Hall–Kier alpha value is -3.39. The van der Waals surface area contributed by atoms with Gasteiger partial charge in [0.15, 0.2) is 5.76 Å². The third-order valence-corrected chi connectivity index (χ3v) is 6.50. The number of hydrogen-bond acceptors (Lipinski definition) is 6. The smallest absolute Gasteiger partial charge is 0.270 e. The first kappa shape index (κ1) is 22.4. The molecular formula is C25H18Cl2N2O5. The monoisotopic (exact) mass is 496 g/mol. The van der Waals surface area contributed by atoms with Crippen molar-refractivity contribution < 1.29 is 19.2 Å². The fraction of sp³-hybridized carbons (Fsp3) is 0.160. The predicted molar refractivity (Wildman–Crippen MR) is 128 cm³/mol. The molecule has 2 aliphatic heterocycles. The molecule has 34 heavy (non-hydrogen) atoms. The van der Waals surface area contributed by atoms with Gasteiger partial charge in [-0.3, -0.25) is 19.8 Å². The van der Waals surface area contributed by atoms with Crippen molar-refractivity contribution in [2.24, 2.45) is 0 Å². The van der Waals surface area contributed by atoms with Crippen molar-refractivity contribution in [1.82, 2.24) is 4.90 Å². The van der Waals surface area contributed by atoms with Crippen LogP contribution in [0.25, 0.3) is 6.08 Å². The van der Waals surface area contributed by atoms with E-state index < -0.39 is 4.92 Å². The van der Waals surface area contributed by atoms with Gasteiger partial charge in [0, 0.05) is 25.2 Å². The van der Waals surface area contributed by atoms with Gasteiger partial charge >= 0.3 is 0 Å². The molecular weight excluding hydrogens is 479 g/mol. The zero-order chi connectivity index (χ0) is 24.0. The van der Waals surface area contributed by atoms with Crippen LogP contribution < -0.4 is 9.47 Å². The Balaban J connectivity index is 1.45. The van der Waals surface area contributed by atoms with Crippen LogP contribution in [0, 0.1) is 17.0 Å². The summed E-state index contributed by atoms with van der Waals surface area (Å²) in [6.07, 6.45) is 1.53. The zero-order valence-corrected chi connectivity index (χ0v) is 19.5. The van der Waals surface area contributed by atoms with E-state index in [0.29, 0.717) is 52.5 Å². The molecule has 0 aliphatic carbocycles. The molecule has 0 atom stereocenters. The lowest BCUT2D eigenvalue weighted by atomic mass is 9.98. The fourth-order valence-electron chi connectivity index (χ4n) is 4.15. The van der Waals surface area contributed by atoms with Gasteiger partial charge < -0.3 is 9.47 Å². The van der Waals surface area contributed by atoms with E-state index in [9.17, 15) is 14.9 Å². The SMILES string of the molecule is Cc1cc2c(c3c1C(=O)/C(=C/c1cccc([N+](=O)[O-])c1)O3)CN(Cc1ccc(Cl)c(Cl)c1)CO2. The van der Waals surface area contributed by atoms with Crippen LogP contribution in [-0.2, 0) is 13.1 Å². The molecule has 0 aromatic heterocycles. The molecule has 172 valence electrons. The number of nitrogens with zero attached hydrogens (tertiary/aromatic N) is 2.